The lowest BCUT2D eigenvalue weighted by Gasteiger charge is -2.17. The van der Waals surface area contributed by atoms with Crippen molar-refractivity contribution >= 4 is 23.5 Å². The number of methoxy groups -OCH3 is 1. The molecule has 1 unspecified atom stereocenters. The van der Waals surface area contributed by atoms with Crippen LogP contribution in [-0.2, 0) is 16.1 Å². The maximum atomic E-state index is 12.4. The van der Waals surface area contributed by atoms with Crippen LogP contribution in [0.1, 0.15) is 22.3 Å². The molecule has 1 atom stereocenters. The molecule has 2 amide bonds. The number of aromatic carboxylic acids is 1. The monoisotopic (exact) mass is 368 g/mol. The highest BCUT2D eigenvalue weighted by molar-refractivity contribution is 5.97. The van der Waals surface area contributed by atoms with Crippen molar-refractivity contribution in [3.63, 3.8) is 0 Å². The number of rotatable bonds is 6. The fourth-order valence-electron chi connectivity index (χ4n) is 2.99. The molecule has 0 bridgehead atoms. The summed E-state index contributed by atoms with van der Waals surface area (Å²) in [5, 5.41) is 11.6. The Kier molecular flexibility index (Phi) is 5.40. The van der Waals surface area contributed by atoms with E-state index in [0.717, 1.165) is 11.3 Å². The van der Waals surface area contributed by atoms with Gasteiger partial charge in [-0.1, -0.05) is 12.1 Å². The Hall–Kier alpha value is -3.35. The van der Waals surface area contributed by atoms with E-state index >= 15 is 0 Å². The summed E-state index contributed by atoms with van der Waals surface area (Å²) in [6.45, 7) is 0.795. The normalized spacial score (nSPS) is 16.3. The lowest BCUT2D eigenvalue weighted by atomic mass is 10.1. The quantitative estimate of drug-likeness (QED) is 0.816. The molecule has 0 saturated carbocycles. The third-order valence-corrected chi connectivity index (χ3v) is 4.52. The summed E-state index contributed by atoms with van der Waals surface area (Å²) in [6, 6.07) is 13.4. The molecule has 2 aromatic carbocycles. The molecule has 1 fully saturated rings. The topological polar surface area (TPSA) is 95.9 Å². The first kappa shape index (κ1) is 18.4. The van der Waals surface area contributed by atoms with E-state index in [9.17, 15) is 14.4 Å². The van der Waals surface area contributed by atoms with Gasteiger partial charge in [-0.2, -0.15) is 0 Å². The van der Waals surface area contributed by atoms with E-state index in [-0.39, 0.29) is 23.8 Å². The van der Waals surface area contributed by atoms with Gasteiger partial charge in [-0.25, -0.2) is 4.79 Å². The number of likely N-dealkylation sites (tertiary alicyclic amines) is 1. The second-order valence-corrected chi connectivity index (χ2v) is 6.40. The molecule has 1 aliphatic heterocycles. The molecule has 0 radical (unpaired) electrons. The van der Waals surface area contributed by atoms with Crippen molar-refractivity contribution in [2.24, 2.45) is 5.92 Å². The largest absolute Gasteiger partial charge is 0.497 e. The molecule has 27 heavy (non-hydrogen) atoms. The second kappa shape index (κ2) is 7.90. The minimum Gasteiger partial charge on any atom is -0.497 e. The average molecular weight is 368 g/mol. The van der Waals surface area contributed by atoms with Crippen molar-refractivity contribution in [3.8, 4) is 5.75 Å². The second-order valence-electron chi connectivity index (χ2n) is 6.40. The fraction of sp³-hybridized carbons (Fsp3) is 0.250. The summed E-state index contributed by atoms with van der Waals surface area (Å²) >= 11 is 0. The van der Waals surface area contributed by atoms with Gasteiger partial charge >= 0.3 is 5.97 Å². The van der Waals surface area contributed by atoms with E-state index in [0.29, 0.717) is 18.8 Å². The van der Waals surface area contributed by atoms with Crippen molar-refractivity contribution in [3.05, 3.63) is 59.7 Å². The van der Waals surface area contributed by atoms with Crippen LogP contribution in [-0.4, -0.2) is 41.4 Å². The van der Waals surface area contributed by atoms with Gasteiger partial charge in [0, 0.05) is 25.2 Å². The first-order chi connectivity index (χ1) is 13.0. The van der Waals surface area contributed by atoms with Crippen LogP contribution >= 0.6 is 0 Å². The van der Waals surface area contributed by atoms with Gasteiger partial charge in [0.2, 0.25) is 11.8 Å². The number of amides is 2. The van der Waals surface area contributed by atoms with Gasteiger partial charge in [0.1, 0.15) is 5.75 Å². The van der Waals surface area contributed by atoms with Gasteiger partial charge in [-0.15, -0.1) is 0 Å². The predicted molar refractivity (Wildman–Crippen MR) is 98.5 cm³/mol. The summed E-state index contributed by atoms with van der Waals surface area (Å²) in [4.78, 5) is 37.2. The lowest BCUT2D eigenvalue weighted by molar-refractivity contribution is -0.128. The number of benzene rings is 2. The lowest BCUT2D eigenvalue weighted by Crippen LogP contribution is -2.28. The standard InChI is InChI=1S/C20H20N2O5/c1-27-17-8-2-13(3-9-17)11-22-12-15(10-18(22)23)19(24)21-16-6-4-14(5-7-16)20(25)26/h2-9,15H,10-12H2,1H3,(H,21,24)(H,25,26). The van der Waals surface area contributed by atoms with Gasteiger partial charge in [-0.3, -0.25) is 9.59 Å². The molecular formula is C20H20N2O5. The number of nitrogens with zero attached hydrogens (tertiary/aromatic N) is 1. The van der Waals surface area contributed by atoms with Crippen molar-refractivity contribution in [2.45, 2.75) is 13.0 Å². The molecule has 0 aliphatic carbocycles. The van der Waals surface area contributed by atoms with E-state index < -0.39 is 11.9 Å². The first-order valence-electron chi connectivity index (χ1n) is 8.51. The van der Waals surface area contributed by atoms with Gasteiger partial charge in [-0.05, 0) is 42.0 Å². The van der Waals surface area contributed by atoms with Crippen LogP contribution in [0, 0.1) is 5.92 Å². The van der Waals surface area contributed by atoms with Gasteiger partial charge in [0.05, 0.1) is 18.6 Å². The minimum atomic E-state index is -1.02. The van der Waals surface area contributed by atoms with Gasteiger partial charge < -0.3 is 20.1 Å². The number of carbonyl (C=O) groups is 3. The Morgan fingerprint density at radius 1 is 1.15 bits per heavy atom. The highest BCUT2D eigenvalue weighted by Crippen LogP contribution is 2.23. The highest BCUT2D eigenvalue weighted by Gasteiger charge is 2.34. The van der Waals surface area contributed by atoms with Crippen LogP contribution in [0.25, 0.3) is 0 Å². The summed E-state index contributed by atoms with van der Waals surface area (Å²) in [7, 11) is 1.59. The van der Waals surface area contributed by atoms with E-state index in [2.05, 4.69) is 5.32 Å². The van der Waals surface area contributed by atoms with E-state index in [4.69, 9.17) is 9.84 Å². The molecule has 1 heterocycles. The van der Waals surface area contributed by atoms with Crippen LogP contribution in [0.2, 0.25) is 0 Å². The fourth-order valence-corrected chi connectivity index (χ4v) is 2.99. The molecule has 140 valence electrons. The Labute approximate surface area is 156 Å². The molecule has 1 aliphatic rings. The van der Waals surface area contributed by atoms with Crippen LogP contribution in [0.4, 0.5) is 5.69 Å². The number of carboxylic acid groups (broad SMARTS) is 1. The number of nitrogens with one attached hydrogen (secondary N) is 1. The molecule has 7 nitrogen and oxygen atoms in total. The van der Waals surface area contributed by atoms with E-state index in [1.807, 2.05) is 24.3 Å². The third-order valence-electron chi connectivity index (χ3n) is 4.52. The summed E-state index contributed by atoms with van der Waals surface area (Å²) in [5.41, 5.74) is 1.62. The van der Waals surface area contributed by atoms with Crippen molar-refractivity contribution in [1.29, 1.82) is 0 Å². The number of carbonyl (C=O) groups excluding carboxylic acids is 2. The average Bonchev–Trinajstić information content (AvgIpc) is 3.03. The summed E-state index contributed by atoms with van der Waals surface area (Å²) in [6.07, 6.45) is 0.162. The Bertz CT molecular complexity index is 846. The molecular weight excluding hydrogens is 348 g/mol. The maximum absolute atomic E-state index is 12.4. The Morgan fingerprint density at radius 3 is 2.41 bits per heavy atom. The highest BCUT2D eigenvalue weighted by atomic mass is 16.5. The third kappa shape index (κ3) is 4.44. The zero-order chi connectivity index (χ0) is 19.4. The van der Waals surface area contributed by atoms with E-state index in [1.54, 1.807) is 12.0 Å². The first-order valence-corrected chi connectivity index (χ1v) is 8.51. The molecule has 0 aromatic heterocycles. The Balaban J connectivity index is 1.58. The Morgan fingerprint density at radius 2 is 1.81 bits per heavy atom. The molecule has 3 rings (SSSR count). The number of carboxylic acids is 1. The molecule has 0 spiro atoms. The molecule has 2 aromatic rings. The zero-order valence-electron chi connectivity index (χ0n) is 14.8. The van der Waals surface area contributed by atoms with Crippen LogP contribution in [0.3, 0.4) is 0 Å². The number of hydrogen-bond acceptors (Lipinski definition) is 4. The van der Waals surface area contributed by atoms with Crippen molar-refractivity contribution < 1.29 is 24.2 Å². The summed E-state index contributed by atoms with van der Waals surface area (Å²) in [5.74, 6) is -1.02. The van der Waals surface area contributed by atoms with Crippen LogP contribution in [0.15, 0.2) is 48.5 Å². The number of hydrogen-bond donors (Lipinski definition) is 2. The molecule has 2 N–H and O–H groups in total. The molecule has 7 heteroatoms. The SMILES string of the molecule is COc1ccc(CN2CC(C(=O)Nc3ccc(C(=O)O)cc3)CC2=O)cc1. The zero-order valence-corrected chi connectivity index (χ0v) is 14.8. The number of anilines is 1. The van der Waals surface area contributed by atoms with E-state index in [1.165, 1.54) is 24.3 Å². The smallest absolute Gasteiger partial charge is 0.335 e. The van der Waals surface area contributed by atoms with Crippen LogP contribution in [0.5, 0.6) is 5.75 Å². The van der Waals surface area contributed by atoms with Crippen LogP contribution < -0.4 is 10.1 Å². The van der Waals surface area contributed by atoms with Gasteiger partial charge in [0.15, 0.2) is 0 Å². The predicted octanol–water partition coefficient (Wildman–Crippen LogP) is 2.38. The molecule has 1 saturated heterocycles. The maximum Gasteiger partial charge on any atom is 0.335 e. The number of ether oxygens (including phenoxy) is 1. The van der Waals surface area contributed by atoms with Crippen molar-refractivity contribution in [2.75, 3.05) is 19.0 Å². The van der Waals surface area contributed by atoms with Gasteiger partial charge in [0.25, 0.3) is 0 Å². The summed E-state index contributed by atoms with van der Waals surface area (Å²) < 4.78 is 5.12. The minimum absolute atomic E-state index is 0.0628. The van der Waals surface area contributed by atoms with Crippen molar-refractivity contribution in [1.82, 2.24) is 4.90 Å².